The predicted molar refractivity (Wildman–Crippen MR) is 136 cm³/mol. The molecule has 166 valence electrons. The van der Waals surface area contributed by atoms with E-state index >= 15 is 0 Å². The number of nitrogens with one attached hydrogen (secondary N) is 1. The van der Waals surface area contributed by atoms with Crippen LogP contribution in [0.4, 0.5) is 0 Å². The number of hydrogen-bond acceptors (Lipinski definition) is 3. The molecule has 0 aliphatic carbocycles. The van der Waals surface area contributed by atoms with Crippen LogP contribution < -0.4 is 5.32 Å². The Hall–Kier alpha value is -3.04. The first kappa shape index (κ1) is 22.2. The van der Waals surface area contributed by atoms with Crippen molar-refractivity contribution in [2.24, 2.45) is 0 Å². The van der Waals surface area contributed by atoms with Gasteiger partial charge in [0, 0.05) is 19.6 Å². The molecule has 3 nitrogen and oxygen atoms in total. The van der Waals surface area contributed by atoms with Gasteiger partial charge in [-0.2, -0.15) is 0 Å². The van der Waals surface area contributed by atoms with Gasteiger partial charge in [0.05, 0.1) is 18.1 Å². The van der Waals surface area contributed by atoms with E-state index < -0.39 is 0 Å². The van der Waals surface area contributed by atoms with Crippen LogP contribution in [0.3, 0.4) is 0 Å². The Bertz CT molecular complexity index is 967. The lowest BCUT2D eigenvalue weighted by Crippen LogP contribution is -2.28. The second-order valence-electron chi connectivity index (χ2n) is 8.41. The van der Waals surface area contributed by atoms with Gasteiger partial charge in [0.25, 0.3) is 0 Å². The summed E-state index contributed by atoms with van der Waals surface area (Å²) >= 11 is 0. The van der Waals surface area contributed by atoms with E-state index in [0.717, 1.165) is 32.8 Å². The summed E-state index contributed by atoms with van der Waals surface area (Å²) in [5, 5.41) is 3.58. The lowest BCUT2D eigenvalue weighted by molar-refractivity contribution is 0.283. The zero-order chi connectivity index (χ0) is 22.0. The van der Waals surface area contributed by atoms with E-state index in [2.05, 4.69) is 113 Å². The Balaban J connectivity index is 1.37. The highest BCUT2D eigenvalue weighted by molar-refractivity contribution is 5.90. The van der Waals surface area contributed by atoms with Gasteiger partial charge in [-0.1, -0.05) is 97.4 Å². The van der Waals surface area contributed by atoms with Crippen LogP contribution in [0.5, 0.6) is 0 Å². The zero-order valence-corrected chi connectivity index (χ0v) is 19.2. The molecule has 0 amide bonds. The van der Waals surface area contributed by atoms with Gasteiger partial charge in [-0.05, 0) is 43.0 Å². The van der Waals surface area contributed by atoms with E-state index in [9.17, 15) is 0 Å². The van der Waals surface area contributed by atoms with Gasteiger partial charge in [0.2, 0.25) is 0 Å². The lowest BCUT2D eigenvalue weighted by Gasteiger charge is -2.23. The minimum absolute atomic E-state index is 0.958. The van der Waals surface area contributed by atoms with Gasteiger partial charge in [0.15, 0.2) is 0 Å². The number of nitrogens with zero attached hydrogens (tertiary/aromatic N) is 2. The summed E-state index contributed by atoms with van der Waals surface area (Å²) in [6, 6.07) is 32.4. The molecule has 0 aromatic heterocycles. The molecule has 1 N–H and O–H groups in total. The van der Waals surface area contributed by atoms with Crippen LogP contribution in [0, 0.1) is 0 Å². The van der Waals surface area contributed by atoms with Crippen LogP contribution in [-0.4, -0.2) is 36.1 Å². The zero-order valence-electron chi connectivity index (χ0n) is 19.2. The fourth-order valence-corrected chi connectivity index (χ4v) is 4.48. The molecule has 32 heavy (non-hydrogen) atoms. The smallest absolute Gasteiger partial charge is 0.0904 e. The standard InChI is InChI=1S/C29H35N3/c1-2-31-24-32(22-14-6-13-21-30-23-25-15-7-3-8-16-25)29(27-19-11-5-12-20-27)28(31)26-17-9-4-10-18-26/h3-5,7-12,15-20,30H,2,6,13-14,21-24H2,1H3. The molecule has 0 fully saturated rings. The normalized spacial score (nSPS) is 13.8. The van der Waals surface area contributed by atoms with Crippen LogP contribution in [0.1, 0.15) is 42.9 Å². The highest BCUT2D eigenvalue weighted by Crippen LogP contribution is 2.37. The predicted octanol–water partition coefficient (Wildman–Crippen LogP) is 6.07. The van der Waals surface area contributed by atoms with Gasteiger partial charge >= 0.3 is 0 Å². The molecule has 1 aliphatic heterocycles. The Morgan fingerprint density at radius 1 is 0.656 bits per heavy atom. The third kappa shape index (κ3) is 5.60. The minimum atomic E-state index is 0.958. The molecule has 0 saturated carbocycles. The molecule has 1 aliphatic rings. The van der Waals surface area contributed by atoms with Gasteiger partial charge in [0.1, 0.15) is 0 Å². The van der Waals surface area contributed by atoms with Crippen molar-refractivity contribution in [1.29, 1.82) is 0 Å². The minimum Gasteiger partial charge on any atom is -0.352 e. The summed E-state index contributed by atoms with van der Waals surface area (Å²) in [6.07, 6.45) is 3.67. The maximum absolute atomic E-state index is 3.58. The van der Waals surface area contributed by atoms with Crippen molar-refractivity contribution in [2.75, 3.05) is 26.3 Å². The number of unbranched alkanes of at least 4 members (excludes halogenated alkanes) is 2. The lowest BCUT2D eigenvalue weighted by atomic mass is 10.0. The van der Waals surface area contributed by atoms with Crippen molar-refractivity contribution >= 4 is 11.4 Å². The van der Waals surface area contributed by atoms with E-state index in [1.807, 2.05) is 0 Å². The molecular weight excluding hydrogens is 390 g/mol. The first-order chi connectivity index (χ1) is 15.9. The van der Waals surface area contributed by atoms with E-state index in [1.54, 1.807) is 0 Å². The molecule has 1 heterocycles. The van der Waals surface area contributed by atoms with E-state index in [1.165, 1.54) is 47.3 Å². The largest absolute Gasteiger partial charge is 0.352 e. The first-order valence-corrected chi connectivity index (χ1v) is 12.0. The molecule has 3 aromatic carbocycles. The third-order valence-corrected chi connectivity index (χ3v) is 6.13. The summed E-state index contributed by atoms with van der Waals surface area (Å²) in [4.78, 5) is 5.09. The Labute approximate surface area is 193 Å². The van der Waals surface area contributed by atoms with Crippen molar-refractivity contribution in [1.82, 2.24) is 15.1 Å². The van der Waals surface area contributed by atoms with Crippen LogP contribution in [-0.2, 0) is 6.54 Å². The average Bonchev–Trinajstić information content (AvgIpc) is 3.23. The Morgan fingerprint density at radius 3 is 1.81 bits per heavy atom. The fraction of sp³-hybridized carbons (Fsp3) is 0.310. The summed E-state index contributed by atoms with van der Waals surface area (Å²) < 4.78 is 0. The molecule has 0 unspecified atom stereocenters. The average molecular weight is 426 g/mol. The van der Waals surface area contributed by atoms with Crippen LogP contribution in [0.2, 0.25) is 0 Å². The molecule has 0 spiro atoms. The molecule has 4 rings (SSSR count). The van der Waals surface area contributed by atoms with Gasteiger partial charge in [-0.3, -0.25) is 0 Å². The topological polar surface area (TPSA) is 18.5 Å². The highest BCUT2D eigenvalue weighted by Gasteiger charge is 2.29. The van der Waals surface area contributed by atoms with E-state index in [-0.39, 0.29) is 0 Å². The van der Waals surface area contributed by atoms with Gasteiger partial charge in [-0.25, -0.2) is 0 Å². The van der Waals surface area contributed by atoms with Crippen LogP contribution in [0.25, 0.3) is 11.4 Å². The quantitative estimate of drug-likeness (QED) is 0.376. The maximum atomic E-state index is 3.58. The molecule has 0 radical (unpaired) electrons. The van der Waals surface area contributed by atoms with E-state index in [0.29, 0.717) is 0 Å². The molecular formula is C29H35N3. The monoisotopic (exact) mass is 425 g/mol. The fourth-order valence-electron chi connectivity index (χ4n) is 4.48. The summed E-state index contributed by atoms with van der Waals surface area (Å²) in [6.45, 7) is 7.37. The molecule has 3 heteroatoms. The van der Waals surface area contributed by atoms with Crippen LogP contribution in [0.15, 0.2) is 91.0 Å². The van der Waals surface area contributed by atoms with Crippen molar-refractivity contribution in [3.63, 3.8) is 0 Å². The van der Waals surface area contributed by atoms with Crippen molar-refractivity contribution in [2.45, 2.75) is 32.7 Å². The molecule has 0 bridgehead atoms. The van der Waals surface area contributed by atoms with Crippen LogP contribution >= 0.6 is 0 Å². The van der Waals surface area contributed by atoms with Crippen molar-refractivity contribution < 1.29 is 0 Å². The summed E-state index contributed by atoms with van der Waals surface area (Å²) in [7, 11) is 0. The second-order valence-corrected chi connectivity index (χ2v) is 8.41. The van der Waals surface area contributed by atoms with Gasteiger partial charge < -0.3 is 15.1 Å². The molecule has 0 atom stereocenters. The van der Waals surface area contributed by atoms with Crippen molar-refractivity contribution in [3.8, 4) is 0 Å². The third-order valence-electron chi connectivity index (χ3n) is 6.13. The Morgan fingerprint density at radius 2 is 1.22 bits per heavy atom. The number of benzene rings is 3. The number of hydrogen-bond donors (Lipinski definition) is 1. The maximum Gasteiger partial charge on any atom is 0.0904 e. The first-order valence-electron chi connectivity index (χ1n) is 12.0. The summed E-state index contributed by atoms with van der Waals surface area (Å²) in [5.41, 5.74) is 6.72. The second kappa shape index (κ2) is 11.5. The molecule has 0 saturated heterocycles. The SMILES string of the molecule is CCN1CN(CCCCCNCc2ccccc2)C(c2ccccc2)=C1c1ccccc1. The highest BCUT2D eigenvalue weighted by atomic mass is 15.4. The Kier molecular flexibility index (Phi) is 7.99. The van der Waals surface area contributed by atoms with E-state index in [4.69, 9.17) is 0 Å². The summed E-state index contributed by atoms with van der Waals surface area (Å²) in [5.74, 6) is 0. The van der Waals surface area contributed by atoms with Crippen molar-refractivity contribution in [3.05, 3.63) is 108 Å². The number of rotatable bonds is 11. The van der Waals surface area contributed by atoms with Gasteiger partial charge in [-0.15, -0.1) is 0 Å². The molecule has 3 aromatic rings.